The number of nitrogens with zero attached hydrogens (tertiary/aromatic N) is 1. The molecular weight excluding hydrogens is 444 g/mol. The zero-order valence-corrected chi connectivity index (χ0v) is 20.0. The number of carbonyl (C=O) groups excluding carboxylic acids is 1. The highest BCUT2D eigenvalue weighted by atomic mass is 16.6. The number of esters is 1. The normalized spacial score (nSPS) is 35.7. The van der Waals surface area contributed by atoms with Crippen LogP contribution in [0.1, 0.15) is 53.6 Å². The van der Waals surface area contributed by atoms with Gasteiger partial charge in [0.05, 0.1) is 22.2 Å². The fraction of sp³-hybridized carbons (Fsp3) is 0.536. The molecule has 3 N–H and O–H groups in total. The second-order valence-corrected chi connectivity index (χ2v) is 11.2. The van der Waals surface area contributed by atoms with Gasteiger partial charge in [-0.05, 0) is 75.9 Å². The van der Waals surface area contributed by atoms with Gasteiger partial charge in [-0.2, -0.15) is 0 Å². The summed E-state index contributed by atoms with van der Waals surface area (Å²) in [6.07, 6.45) is 4.35. The van der Waals surface area contributed by atoms with E-state index in [4.69, 9.17) is 9.47 Å². The van der Waals surface area contributed by atoms with Crippen molar-refractivity contribution in [2.45, 2.75) is 73.3 Å². The van der Waals surface area contributed by atoms with Crippen molar-refractivity contribution in [3.63, 3.8) is 0 Å². The van der Waals surface area contributed by atoms with Gasteiger partial charge in [-0.3, -0.25) is 4.90 Å². The van der Waals surface area contributed by atoms with E-state index in [1.54, 1.807) is 12.1 Å². The van der Waals surface area contributed by atoms with Gasteiger partial charge in [0.1, 0.15) is 6.10 Å². The molecule has 2 aromatic rings. The monoisotopic (exact) mass is 476 g/mol. The molecule has 35 heavy (non-hydrogen) atoms. The first-order valence-electron chi connectivity index (χ1n) is 12.8. The van der Waals surface area contributed by atoms with Crippen molar-refractivity contribution in [2.24, 2.45) is 0 Å². The Morgan fingerprint density at radius 3 is 2.69 bits per heavy atom. The van der Waals surface area contributed by atoms with Crippen molar-refractivity contribution in [1.82, 2.24) is 10.2 Å². The second kappa shape index (κ2) is 7.29. The smallest absolute Gasteiger partial charge is 0.343 e. The number of likely N-dealkylation sites (N-methyl/N-ethyl adjacent to an activating group) is 1. The van der Waals surface area contributed by atoms with E-state index in [1.165, 1.54) is 0 Å². The number of benzene rings is 2. The Morgan fingerprint density at radius 2 is 1.94 bits per heavy atom. The van der Waals surface area contributed by atoms with Gasteiger partial charge >= 0.3 is 5.97 Å². The molecule has 2 bridgehead atoms. The summed E-state index contributed by atoms with van der Waals surface area (Å²) in [6.45, 7) is 1.42. The summed E-state index contributed by atoms with van der Waals surface area (Å²) in [4.78, 5) is 15.2. The van der Waals surface area contributed by atoms with Crippen molar-refractivity contribution in [3.8, 4) is 11.5 Å². The van der Waals surface area contributed by atoms with Crippen molar-refractivity contribution in [3.05, 3.63) is 59.2 Å². The molecule has 2 aliphatic heterocycles. The van der Waals surface area contributed by atoms with Crippen molar-refractivity contribution >= 4 is 5.97 Å². The van der Waals surface area contributed by atoms with Gasteiger partial charge in [-0.1, -0.05) is 24.3 Å². The molecule has 0 radical (unpaired) electrons. The van der Waals surface area contributed by atoms with Crippen LogP contribution in [0.25, 0.3) is 0 Å². The second-order valence-electron chi connectivity index (χ2n) is 11.2. The minimum Gasteiger partial charge on any atom is -0.483 e. The zero-order chi connectivity index (χ0) is 24.0. The van der Waals surface area contributed by atoms with Gasteiger partial charge in [0.2, 0.25) is 0 Å². The highest BCUT2D eigenvalue weighted by Gasteiger charge is 2.73. The van der Waals surface area contributed by atoms with Crippen LogP contribution >= 0.6 is 0 Å². The molecule has 1 spiro atoms. The summed E-state index contributed by atoms with van der Waals surface area (Å²) < 4.78 is 12.6. The van der Waals surface area contributed by atoms with Crippen LogP contribution in [0.3, 0.4) is 0 Å². The number of likely N-dealkylation sites (tertiary alicyclic amines) is 1. The third-order valence-corrected chi connectivity index (χ3v) is 9.47. The first-order chi connectivity index (χ1) is 16.9. The van der Waals surface area contributed by atoms with Crippen LogP contribution in [0.4, 0.5) is 0 Å². The van der Waals surface area contributed by atoms with Crippen LogP contribution in [-0.2, 0) is 11.8 Å². The minimum atomic E-state index is -0.963. The number of hydrogen-bond donors (Lipinski definition) is 3. The van der Waals surface area contributed by atoms with Crippen LogP contribution in [0, 0.1) is 0 Å². The Morgan fingerprint density at radius 1 is 1.14 bits per heavy atom. The van der Waals surface area contributed by atoms with E-state index < -0.39 is 22.6 Å². The van der Waals surface area contributed by atoms with Gasteiger partial charge in [-0.15, -0.1) is 0 Å². The number of nitrogens with one attached hydrogen (secondary N) is 1. The number of rotatable bonds is 5. The highest BCUT2D eigenvalue weighted by Crippen LogP contribution is 2.65. The van der Waals surface area contributed by atoms with Crippen molar-refractivity contribution < 1.29 is 24.5 Å². The molecule has 7 heteroatoms. The van der Waals surface area contributed by atoms with Crippen molar-refractivity contribution in [1.29, 1.82) is 0 Å². The molecule has 3 fully saturated rings. The first-order valence-corrected chi connectivity index (χ1v) is 12.8. The summed E-state index contributed by atoms with van der Waals surface area (Å²) >= 11 is 0. The number of β-amino-alcohol motifs (C(OH)–C–C–N with tert-alkyl or cyclic N) is 1. The van der Waals surface area contributed by atoms with E-state index >= 15 is 0 Å². The van der Waals surface area contributed by atoms with Gasteiger partial charge < -0.3 is 25.0 Å². The molecule has 1 saturated heterocycles. The van der Waals surface area contributed by atoms with E-state index in [0.29, 0.717) is 36.4 Å². The molecule has 184 valence electrons. The molecule has 7 nitrogen and oxygen atoms in total. The summed E-state index contributed by atoms with van der Waals surface area (Å²) in [5, 5.41) is 26.7. The van der Waals surface area contributed by atoms with Gasteiger partial charge in [-0.25, -0.2) is 4.79 Å². The Kier molecular flexibility index (Phi) is 4.54. The standard InChI is InChI=1S/C28H32N2O5/c1-29-19-9-10-28(33)21-15-18-7-8-20(34-25(31)17-5-3-2-4-6-17)23-22(18)27(28,24(19)35-23)13-14-30(21)16-26(32)11-12-26/h2-8,19,21,24,29,32-33H,9-16H2,1H3/t19-,21+,24-,27-,28+/m0/s1. The topological polar surface area (TPSA) is 91.3 Å². The molecule has 5 atom stereocenters. The number of aliphatic hydroxyl groups is 2. The predicted molar refractivity (Wildman–Crippen MR) is 129 cm³/mol. The molecule has 2 saturated carbocycles. The third-order valence-electron chi connectivity index (χ3n) is 9.47. The zero-order valence-electron chi connectivity index (χ0n) is 20.0. The van der Waals surface area contributed by atoms with E-state index in [0.717, 1.165) is 43.4 Å². The van der Waals surface area contributed by atoms with E-state index in [1.807, 2.05) is 37.4 Å². The molecule has 0 unspecified atom stereocenters. The number of hydrogen-bond acceptors (Lipinski definition) is 7. The van der Waals surface area contributed by atoms with Crippen LogP contribution in [-0.4, -0.2) is 70.6 Å². The maximum atomic E-state index is 12.9. The lowest BCUT2D eigenvalue weighted by molar-refractivity contribution is -0.194. The summed E-state index contributed by atoms with van der Waals surface area (Å²) in [7, 11) is 1.95. The fourth-order valence-corrected chi connectivity index (χ4v) is 7.60. The predicted octanol–water partition coefficient (Wildman–Crippen LogP) is 2.17. The lowest BCUT2D eigenvalue weighted by atomic mass is 9.48. The summed E-state index contributed by atoms with van der Waals surface area (Å²) in [5.41, 5.74) is 0.543. The Labute approximate surface area is 205 Å². The maximum absolute atomic E-state index is 12.9. The maximum Gasteiger partial charge on any atom is 0.343 e. The molecule has 3 aliphatic carbocycles. The Bertz CT molecular complexity index is 1200. The van der Waals surface area contributed by atoms with Crippen LogP contribution in [0.2, 0.25) is 0 Å². The minimum absolute atomic E-state index is 0.0686. The van der Waals surface area contributed by atoms with E-state index in [2.05, 4.69) is 10.2 Å². The van der Waals surface area contributed by atoms with E-state index in [9.17, 15) is 15.0 Å². The number of carbonyl (C=O) groups is 1. The van der Waals surface area contributed by atoms with Crippen LogP contribution in [0.15, 0.2) is 42.5 Å². The average molecular weight is 477 g/mol. The van der Waals surface area contributed by atoms with Crippen LogP contribution in [0.5, 0.6) is 11.5 Å². The van der Waals surface area contributed by atoms with Gasteiger partial charge in [0, 0.05) is 24.2 Å². The Balaban J connectivity index is 1.33. The lowest BCUT2D eigenvalue weighted by Gasteiger charge is -2.64. The van der Waals surface area contributed by atoms with Crippen molar-refractivity contribution in [2.75, 3.05) is 20.1 Å². The molecular formula is C28H32N2O5. The molecule has 7 rings (SSSR count). The van der Waals surface area contributed by atoms with E-state index in [-0.39, 0.29) is 18.2 Å². The van der Waals surface area contributed by atoms with Gasteiger partial charge in [0.25, 0.3) is 0 Å². The highest BCUT2D eigenvalue weighted by molar-refractivity contribution is 5.91. The molecule has 0 aromatic heterocycles. The third kappa shape index (κ3) is 2.90. The quantitative estimate of drug-likeness (QED) is 0.450. The molecule has 2 heterocycles. The molecule has 2 aromatic carbocycles. The summed E-state index contributed by atoms with van der Waals surface area (Å²) in [5.74, 6) is 0.621. The molecule has 5 aliphatic rings. The number of piperidine rings is 1. The first kappa shape index (κ1) is 21.8. The lowest BCUT2D eigenvalue weighted by Crippen LogP contribution is -2.78. The number of ether oxygens (including phenoxy) is 2. The van der Waals surface area contributed by atoms with Crippen LogP contribution < -0.4 is 14.8 Å². The summed E-state index contributed by atoms with van der Waals surface area (Å²) in [6, 6.07) is 12.9. The van der Waals surface area contributed by atoms with Gasteiger partial charge in [0.15, 0.2) is 11.5 Å². The molecule has 0 amide bonds. The fourth-order valence-electron chi connectivity index (χ4n) is 7.60. The Hall–Kier alpha value is -2.45. The SMILES string of the molecule is CN[C@H]1CC[C@@]2(O)[C@H]3Cc4ccc(OC(=O)c5ccccc5)c5c4[C@@]2(CCN3CC2(O)CC2)[C@H]1O5. The average Bonchev–Trinajstić information content (AvgIpc) is 3.47. The largest absolute Gasteiger partial charge is 0.483 e.